The Morgan fingerprint density at radius 3 is 2.65 bits per heavy atom. The van der Waals surface area contributed by atoms with Crippen LogP contribution in [0.3, 0.4) is 0 Å². The predicted molar refractivity (Wildman–Crippen MR) is 74.0 cm³/mol. The highest BCUT2D eigenvalue weighted by Crippen LogP contribution is 2.29. The second kappa shape index (κ2) is 4.31. The molecule has 0 unspecified atom stereocenters. The molecular formula is C12H15NO2S2. The molecule has 2 N–H and O–H groups in total. The van der Waals surface area contributed by atoms with Crippen molar-refractivity contribution in [2.24, 2.45) is 0 Å². The Labute approximate surface area is 105 Å². The Morgan fingerprint density at radius 1 is 1.29 bits per heavy atom. The molecule has 92 valence electrons. The molecule has 1 heterocycles. The summed E-state index contributed by atoms with van der Waals surface area (Å²) in [7, 11) is -3.03. The van der Waals surface area contributed by atoms with Crippen LogP contribution in [0.15, 0.2) is 24.3 Å². The molecule has 0 spiro atoms. The van der Waals surface area contributed by atoms with E-state index in [9.17, 15) is 8.42 Å². The number of fused-ring (bicyclic) bond motifs is 1. The first kappa shape index (κ1) is 12.4. The van der Waals surface area contributed by atoms with Gasteiger partial charge in [0.05, 0.1) is 11.0 Å². The first-order valence-electron chi connectivity index (χ1n) is 5.38. The largest absolute Gasteiger partial charge is 0.399 e. The van der Waals surface area contributed by atoms with Gasteiger partial charge in [-0.2, -0.15) is 0 Å². The van der Waals surface area contributed by atoms with E-state index >= 15 is 0 Å². The van der Waals surface area contributed by atoms with Crippen molar-refractivity contribution in [3.05, 3.63) is 29.1 Å². The molecule has 0 aliphatic rings. The fourth-order valence-corrected chi connectivity index (χ4v) is 3.99. The maximum Gasteiger partial charge on any atom is 0.157 e. The molecule has 0 atom stereocenters. The maximum atomic E-state index is 11.8. The fourth-order valence-electron chi connectivity index (χ4n) is 1.54. The zero-order chi connectivity index (χ0) is 12.6. The second-order valence-electron chi connectivity index (χ2n) is 4.37. The van der Waals surface area contributed by atoms with Gasteiger partial charge in [-0.15, -0.1) is 11.3 Å². The molecule has 3 nitrogen and oxygen atoms in total. The summed E-state index contributed by atoms with van der Waals surface area (Å²) in [5.41, 5.74) is 6.40. The van der Waals surface area contributed by atoms with Crippen LogP contribution in [0, 0.1) is 0 Å². The number of hydrogen-bond donors (Lipinski definition) is 1. The molecule has 1 aromatic carbocycles. The number of benzene rings is 1. The van der Waals surface area contributed by atoms with E-state index in [0.717, 1.165) is 15.0 Å². The van der Waals surface area contributed by atoms with Crippen molar-refractivity contribution < 1.29 is 8.42 Å². The molecule has 0 bridgehead atoms. The molecule has 2 aromatic rings. The van der Waals surface area contributed by atoms with Crippen LogP contribution in [-0.4, -0.2) is 13.7 Å². The molecule has 0 aliphatic carbocycles. The summed E-state index contributed by atoms with van der Waals surface area (Å²) >= 11 is 1.50. The highest BCUT2D eigenvalue weighted by Gasteiger charge is 2.18. The quantitative estimate of drug-likeness (QED) is 0.872. The predicted octanol–water partition coefficient (Wildman–Crippen LogP) is 2.81. The average Bonchev–Trinajstić information content (AvgIpc) is 2.57. The van der Waals surface area contributed by atoms with Gasteiger partial charge in [0.2, 0.25) is 0 Å². The molecule has 2 rings (SSSR count). The van der Waals surface area contributed by atoms with E-state index in [-0.39, 0.29) is 11.0 Å². The van der Waals surface area contributed by atoms with E-state index in [1.165, 1.54) is 11.3 Å². The Kier molecular flexibility index (Phi) is 3.14. The number of nitrogens with two attached hydrogens (primary N) is 1. The molecule has 0 fully saturated rings. The van der Waals surface area contributed by atoms with Crippen LogP contribution in [0.2, 0.25) is 0 Å². The van der Waals surface area contributed by atoms with Crippen LogP contribution >= 0.6 is 11.3 Å². The highest BCUT2D eigenvalue weighted by molar-refractivity contribution is 7.91. The summed E-state index contributed by atoms with van der Waals surface area (Å²) < 4.78 is 24.7. The second-order valence-corrected chi connectivity index (χ2v) is 8.09. The molecule has 0 radical (unpaired) electrons. The Hall–Kier alpha value is -1.07. The SMILES string of the molecule is CC(C)S(=O)(=O)Cc1cc2ccc(N)cc2s1. The van der Waals surface area contributed by atoms with Gasteiger partial charge in [0.1, 0.15) is 0 Å². The fraction of sp³-hybridized carbons (Fsp3) is 0.333. The number of anilines is 1. The Balaban J connectivity index is 2.38. The summed E-state index contributed by atoms with van der Waals surface area (Å²) in [6, 6.07) is 7.56. The smallest absolute Gasteiger partial charge is 0.157 e. The zero-order valence-electron chi connectivity index (χ0n) is 9.80. The minimum Gasteiger partial charge on any atom is -0.399 e. The molecule has 0 aliphatic heterocycles. The van der Waals surface area contributed by atoms with Crippen LogP contribution in [0.5, 0.6) is 0 Å². The van der Waals surface area contributed by atoms with Gasteiger partial charge in [0.25, 0.3) is 0 Å². The van der Waals surface area contributed by atoms with Crippen LogP contribution < -0.4 is 5.73 Å². The van der Waals surface area contributed by atoms with Gasteiger partial charge in [-0.1, -0.05) is 6.07 Å². The van der Waals surface area contributed by atoms with E-state index in [1.807, 2.05) is 24.3 Å². The standard InChI is InChI=1S/C12H15NO2S2/c1-8(2)17(14,15)7-11-5-9-3-4-10(13)6-12(9)16-11/h3-6,8H,7,13H2,1-2H3. The number of nitrogen functional groups attached to an aromatic ring is 1. The van der Waals surface area contributed by atoms with E-state index < -0.39 is 9.84 Å². The number of thiophene rings is 1. The molecule has 0 amide bonds. The van der Waals surface area contributed by atoms with Crippen molar-refractivity contribution in [1.82, 2.24) is 0 Å². The lowest BCUT2D eigenvalue weighted by atomic mass is 10.2. The van der Waals surface area contributed by atoms with Crippen molar-refractivity contribution >= 4 is 36.9 Å². The molecule has 0 saturated carbocycles. The van der Waals surface area contributed by atoms with Gasteiger partial charge in [0, 0.05) is 15.3 Å². The molecule has 0 saturated heterocycles. The van der Waals surface area contributed by atoms with E-state index in [1.54, 1.807) is 13.8 Å². The third kappa shape index (κ3) is 2.61. The van der Waals surface area contributed by atoms with Gasteiger partial charge >= 0.3 is 0 Å². The Bertz CT molecular complexity index is 642. The first-order chi connectivity index (χ1) is 7.88. The number of rotatable bonds is 3. The van der Waals surface area contributed by atoms with Gasteiger partial charge in [-0.25, -0.2) is 8.42 Å². The van der Waals surface area contributed by atoms with Gasteiger partial charge in [-0.3, -0.25) is 0 Å². The Morgan fingerprint density at radius 2 is 2.00 bits per heavy atom. The topological polar surface area (TPSA) is 60.2 Å². The van der Waals surface area contributed by atoms with Crippen molar-refractivity contribution in [3.63, 3.8) is 0 Å². The lowest BCUT2D eigenvalue weighted by Gasteiger charge is -2.04. The lowest BCUT2D eigenvalue weighted by Crippen LogP contribution is -2.15. The summed E-state index contributed by atoms with van der Waals surface area (Å²) in [5.74, 6) is 0.115. The summed E-state index contributed by atoms with van der Waals surface area (Å²) in [4.78, 5) is 0.874. The highest BCUT2D eigenvalue weighted by atomic mass is 32.2. The zero-order valence-corrected chi connectivity index (χ0v) is 11.4. The number of sulfone groups is 1. The van der Waals surface area contributed by atoms with Crippen LogP contribution in [0.25, 0.3) is 10.1 Å². The minimum absolute atomic E-state index is 0.115. The average molecular weight is 269 g/mol. The summed E-state index contributed by atoms with van der Waals surface area (Å²) in [6.07, 6.45) is 0. The van der Waals surface area contributed by atoms with Gasteiger partial charge < -0.3 is 5.73 Å². The van der Waals surface area contributed by atoms with Crippen LogP contribution in [0.4, 0.5) is 5.69 Å². The van der Waals surface area contributed by atoms with Crippen molar-refractivity contribution in [2.45, 2.75) is 24.9 Å². The first-order valence-corrected chi connectivity index (χ1v) is 7.91. The van der Waals surface area contributed by atoms with Crippen LogP contribution in [-0.2, 0) is 15.6 Å². The lowest BCUT2D eigenvalue weighted by molar-refractivity contribution is 0.587. The van der Waals surface area contributed by atoms with Crippen molar-refractivity contribution in [3.8, 4) is 0 Å². The summed E-state index contributed by atoms with van der Waals surface area (Å²) in [6.45, 7) is 3.42. The van der Waals surface area contributed by atoms with Crippen molar-refractivity contribution in [1.29, 1.82) is 0 Å². The normalized spacial score (nSPS) is 12.4. The molecule has 17 heavy (non-hydrogen) atoms. The van der Waals surface area contributed by atoms with E-state index in [0.29, 0.717) is 5.69 Å². The monoisotopic (exact) mass is 269 g/mol. The van der Waals surface area contributed by atoms with Gasteiger partial charge in [-0.05, 0) is 37.4 Å². The molecule has 5 heteroatoms. The maximum absolute atomic E-state index is 11.8. The van der Waals surface area contributed by atoms with Gasteiger partial charge in [0.15, 0.2) is 9.84 Å². The third-order valence-corrected chi connectivity index (χ3v) is 6.09. The van der Waals surface area contributed by atoms with Crippen LogP contribution in [0.1, 0.15) is 18.7 Å². The van der Waals surface area contributed by atoms with E-state index in [4.69, 9.17) is 5.73 Å². The third-order valence-electron chi connectivity index (χ3n) is 2.66. The summed E-state index contributed by atoms with van der Waals surface area (Å²) in [5, 5.41) is 0.718. The molecule has 1 aromatic heterocycles. The molecular weight excluding hydrogens is 254 g/mol. The minimum atomic E-state index is -3.03. The van der Waals surface area contributed by atoms with E-state index in [2.05, 4.69) is 0 Å². The number of hydrogen-bond acceptors (Lipinski definition) is 4. The van der Waals surface area contributed by atoms with Crippen molar-refractivity contribution in [2.75, 3.05) is 5.73 Å².